The zero-order chi connectivity index (χ0) is 27.0. The molecule has 194 valence electrons. The van der Waals surface area contributed by atoms with Crippen LogP contribution in [0.25, 0.3) is 54.7 Å². The molecule has 0 saturated carbocycles. The molecule has 2 atom stereocenters. The van der Waals surface area contributed by atoms with E-state index in [0.717, 1.165) is 55.3 Å². The van der Waals surface area contributed by atoms with Crippen LogP contribution in [-0.2, 0) is 0 Å². The monoisotopic (exact) mass is 504 g/mol. The van der Waals surface area contributed by atoms with Crippen LogP contribution < -0.4 is 11.5 Å². The van der Waals surface area contributed by atoms with E-state index in [9.17, 15) is 0 Å². The summed E-state index contributed by atoms with van der Waals surface area (Å²) in [7, 11) is 0. The Morgan fingerprint density at radius 2 is 0.974 bits per heavy atom. The maximum Gasteiger partial charge on any atom is 0.124 e. The minimum atomic E-state index is -0.164. The Hall–Kier alpha value is -3.74. The van der Waals surface area contributed by atoms with Crippen molar-refractivity contribution in [2.45, 2.75) is 53.6 Å². The minimum Gasteiger partial charge on any atom is -0.341 e. The number of nitrogens with two attached hydrogens (primary N) is 2. The molecule has 0 amide bonds. The van der Waals surface area contributed by atoms with Gasteiger partial charge in [-0.05, 0) is 57.0 Å². The highest BCUT2D eigenvalue weighted by atomic mass is 15.0. The van der Waals surface area contributed by atoms with Crippen LogP contribution in [-0.4, -0.2) is 19.9 Å². The number of H-pyrrole nitrogens is 2. The lowest BCUT2D eigenvalue weighted by atomic mass is 9.87. The van der Waals surface area contributed by atoms with Gasteiger partial charge in [0, 0.05) is 10.8 Å². The van der Waals surface area contributed by atoms with Gasteiger partial charge in [0.15, 0.2) is 0 Å². The molecule has 4 aromatic carbocycles. The predicted molar refractivity (Wildman–Crippen MR) is 159 cm³/mol. The molecule has 0 radical (unpaired) electrons. The molecule has 2 aromatic heterocycles. The Labute approximate surface area is 222 Å². The van der Waals surface area contributed by atoms with Crippen molar-refractivity contribution in [3.05, 3.63) is 72.3 Å². The van der Waals surface area contributed by atoms with Crippen LogP contribution in [0.1, 0.15) is 65.3 Å². The largest absolute Gasteiger partial charge is 0.341 e. The molecule has 0 spiro atoms. The van der Waals surface area contributed by atoms with Crippen molar-refractivity contribution in [3.8, 4) is 11.1 Å². The number of aromatic amines is 2. The molecule has 6 rings (SSSR count). The molecule has 2 heterocycles. The molecule has 6 nitrogen and oxygen atoms in total. The van der Waals surface area contributed by atoms with Crippen molar-refractivity contribution >= 4 is 43.6 Å². The fraction of sp³-hybridized carbons (Fsp3) is 0.312. The third-order valence-corrected chi connectivity index (χ3v) is 7.76. The van der Waals surface area contributed by atoms with Crippen LogP contribution in [0, 0.1) is 10.8 Å². The summed E-state index contributed by atoms with van der Waals surface area (Å²) in [6, 6.07) is 21.3. The minimum absolute atomic E-state index is 0.0748. The van der Waals surface area contributed by atoms with Gasteiger partial charge in [-0.1, -0.05) is 77.9 Å². The van der Waals surface area contributed by atoms with Gasteiger partial charge in [0.05, 0.1) is 34.2 Å². The van der Waals surface area contributed by atoms with Crippen LogP contribution in [0.15, 0.2) is 60.7 Å². The first-order chi connectivity index (χ1) is 17.9. The second-order valence-electron chi connectivity index (χ2n) is 12.7. The predicted octanol–water partition coefficient (Wildman–Crippen LogP) is 7.50. The molecule has 1 unspecified atom stereocenters. The molecule has 6 heteroatoms. The van der Waals surface area contributed by atoms with Gasteiger partial charge in [0.1, 0.15) is 11.6 Å². The van der Waals surface area contributed by atoms with E-state index in [0.29, 0.717) is 0 Å². The summed E-state index contributed by atoms with van der Waals surface area (Å²) in [6.45, 7) is 12.8. The van der Waals surface area contributed by atoms with E-state index in [1.807, 2.05) is 0 Å². The summed E-state index contributed by atoms with van der Waals surface area (Å²) in [5.74, 6) is 1.66. The Balaban J connectivity index is 1.40. The van der Waals surface area contributed by atoms with Gasteiger partial charge in [0.2, 0.25) is 0 Å². The zero-order valence-corrected chi connectivity index (χ0v) is 23.0. The Morgan fingerprint density at radius 3 is 1.34 bits per heavy atom. The van der Waals surface area contributed by atoms with E-state index in [4.69, 9.17) is 21.4 Å². The highest BCUT2D eigenvalue weighted by Crippen LogP contribution is 2.35. The van der Waals surface area contributed by atoms with Crippen molar-refractivity contribution < 1.29 is 0 Å². The number of rotatable bonds is 3. The first kappa shape index (κ1) is 24.6. The van der Waals surface area contributed by atoms with Gasteiger partial charge >= 0.3 is 0 Å². The maximum absolute atomic E-state index is 6.49. The lowest BCUT2D eigenvalue weighted by Crippen LogP contribution is -2.27. The lowest BCUT2D eigenvalue weighted by Gasteiger charge is -2.24. The van der Waals surface area contributed by atoms with E-state index in [1.165, 1.54) is 11.1 Å². The summed E-state index contributed by atoms with van der Waals surface area (Å²) in [6.07, 6.45) is 0. The molecule has 0 bridgehead atoms. The number of benzene rings is 4. The van der Waals surface area contributed by atoms with Crippen molar-refractivity contribution in [1.29, 1.82) is 0 Å². The third kappa shape index (κ3) is 4.05. The van der Waals surface area contributed by atoms with Gasteiger partial charge in [0.25, 0.3) is 0 Å². The summed E-state index contributed by atoms with van der Waals surface area (Å²) in [4.78, 5) is 16.7. The topological polar surface area (TPSA) is 109 Å². The number of aromatic nitrogens is 4. The molecular weight excluding hydrogens is 468 g/mol. The zero-order valence-electron chi connectivity index (χ0n) is 23.0. The van der Waals surface area contributed by atoms with E-state index in [1.54, 1.807) is 0 Å². The van der Waals surface area contributed by atoms with Crippen LogP contribution >= 0.6 is 0 Å². The van der Waals surface area contributed by atoms with E-state index in [2.05, 4.69) is 112 Å². The van der Waals surface area contributed by atoms with Crippen molar-refractivity contribution in [2.24, 2.45) is 22.3 Å². The summed E-state index contributed by atoms with van der Waals surface area (Å²) >= 11 is 0. The van der Waals surface area contributed by atoms with Crippen LogP contribution in [0.5, 0.6) is 0 Å². The molecule has 0 saturated heterocycles. The SMILES string of the molecule is CC(C)(C)C(N)c1nc2c(ccc3cc(-c4ccc5c(ccc6[nH]c([C@@H](N)C(C)(C)C)nc65)c4)ccc32)[nH]1. The smallest absolute Gasteiger partial charge is 0.124 e. The molecule has 0 aliphatic heterocycles. The van der Waals surface area contributed by atoms with Crippen molar-refractivity contribution in [1.82, 2.24) is 19.9 Å². The average molecular weight is 505 g/mol. The summed E-state index contributed by atoms with van der Waals surface area (Å²) in [5, 5.41) is 4.55. The molecule has 0 aliphatic rings. The highest BCUT2D eigenvalue weighted by molar-refractivity contribution is 6.07. The number of hydrogen-bond acceptors (Lipinski definition) is 4. The lowest BCUT2D eigenvalue weighted by molar-refractivity contribution is 0.317. The van der Waals surface area contributed by atoms with E-state index in [-0.39, 0.29) is 22.9 Å². The van der Waals surface area contributed by atoms with Gasteiger partial charge in [-0.15, -0.1) is 0 Å². The first-order valence-electron chi connectivity index (χ1n) is 13.3. The number of nitrogens with zero attached hydrogens (tertiary/aromatic N) is 2. The van der Waals surface area contributed by atoms with E-state index >= 15 is 0 Å². The Morgan fingerprint density at radius 1 is 0.579 bits per heavy atom. The number of hydrogen-bond donors (Lipinski definition) is 4. The molecule has 38 heavy (non-hydrogen) atoms. The second kappa shape index (κ2) is 8.38. The van der Waals surface area contributed by atoms with Crippen LogP contribution in [0.3, 0.4) is 0 Å². The van der Waals surface area contributed by atoms with Crippen LogP contribution in [0.4, 0.5) is 0 Å². The molecular formula is C32H36N6. The second-order valence-corrected chi connectivity index (χ2v) is 12.7. The van der Waals surface area contributed by atoms with Gasteiger partial charge < -0.3 is 21.4 Å². The number of imidazole rings is 2. The fourth-order valence-corrected chi connectivity index (χ4v) is 5.12. The average Bonchev–Trinajstić information content (AvgIpc) is 3.50. The Bertz CT molecular complexity index is 1690. The van der Waals surface area contributed by atoms with Gasteiger partial charge in [-0.3, -0.25) is 0 Å². The standard InChI is InChI=1S/C32H36N6/c1-31(2,3)27(33)29-35-23-13-9-19-15-17(7-11-21(19)25(23)37-29)18-8-12-22-20(16-18)10-14-24-26(22)38-30(36-24)28(34)32(4,5)6/h7-16,27-28H,33-34H2,1-6H3,(H,35,37)(H,36,38)/t27-,28?/m1/s1. The molecule has 0 fully saturated rings. The number of nitrogens with one attached hydrogen (secondary N) is 2. The van der Waals surface area contributed by atoms with Gasteiger partial charge in [-0.25, -0.2) is 9.97 Å². The highest BCUT2D eigenvalue weighted by Gasteiger charge is 2.26. The van der Waals surface area contributed by atoms with Crippen molar-refractivity contribution in [3.63, 3.8) is 0 Å². The van der Waals surface area contributed by atoms with E-state index < -0.39 is 0 Å². The fourth-order valence-electron chi connectivity index (χ4n) is 5.12. The quantitative estimate of drug-likeness (QED) is 0.200. The summed E-state index contributed by atoms with van der Waals surface area (Å²) in [5.41, 5.74) is 19.1. The number of fused-ring (bicyclic) bond motifs is 6. The van der Waals surface area contributed by atoms with Crippen molar-refractivity contribution in [2.75, 3.05) is 0 Å². The normalized spacial score (nSPS) is 14.6. The maximum atomic E-state index is 6.49. The third-order valence-electron chi connectivity index (χ3n) is 7.76. The molecule has 6 aromatic rings. The van der Waals surface area contributed by atoms with Gasteiger partial charge in [-0.2, -0.15) is 0 Å². The Kier molecular flexibility index (Phi) is 5.42. The molecule has 0 aliphatic carbocycles. The summed E-state index contributed by atoms with van der Waals surface area (Å²) < 4.78 is 0. The molecule has 6 N–H and O–H groups in total. The first-order valence-corrected chi connectivity index (χ1v) is 13.3. The van der Waals surface area contributed by atoms with Crippen LogP contribution in [0.2, 0.25) is 0 Å².